The summed E-state index contributed by atoms with van der Waals surface area (Å²) in [5.74, 6) is 1.08. The van der Waals surface area contributed by atoms with Crippen LogP contribution in [0, 0.1) is 0 Å². The number of nitrogens with zero attached hydrogens (tertiary/aromatic N) is 2. The molecule has 138 valence electrons. The molecule has 0 bridgehead atoms. The van der Waals surface area contributed by atoms with Crippen LogP contribution < -0.4 is 10.5 Å². The van der Waals surface area contributed by atoms with Gasteiger partial charge in [0.2, 0.25) is 5.91 Å². The number of nitrogen functional groups attached to an aromatic ring is 1. The van der Waals surface area contributed by atoms with Crippen molar-refractivity contribution in [3.8, 4) is 5.75 Å². The van der Waals surface area contributed by atoms with Crippen molar-refractivity contribution in [1.82, 2.24) is 9.80 Å². The molecule has 2 aromatic carbocycles. The van der Waals surface area contributed by atoms with Crippen LogP contribution in [0.1, 0.15) is 17.5 Å². The first kappa shape index (κ1) is 18.3. The summed E-state index contributed by atoms with van der Waals surface area (Å²) in [6.07, 6.45) is 1.33. The summed E-state index contributed by atoms with van der Waals surface area (Å²) in [7, 11) is 1.66. The van der Waals surface area contributed by atoms with Crippen LogP contribution in [0.25, 0.3) is 0 Å². The smallest absolute Gasteiger partial charge is 0.222 e. The van der Waals surface area contributed by atoms with Gasteiger partial charge < -0.3 is 15.4 Å². The van der Waals surface area contributed by atoms with Gasteiger partial charge in [0, 0.05) is 44.8 Å². The quantitative estimate of drug-likeness (QED) is 0.811. The summed E-state index contributed by atoms with van der Waals surface area (Å²) in [5.41, 5.74) is 9.04. The van der Waals surface area contributed by atoms with Gasteiger partial charge in [0.05, 0.1) is 7.11 Å². The highest BCUT2D eigenvalue weighted by Gasteiger charge is 2.20. The molecule has 2 aromatic rings. The molecule has 0 radical (unpaired) electrons. The highest BCUT2D eigenvalue weighted by Crippen LogP contribution is 2.15. The lowest BCUT2D eigenvalue weighted by Gasteiger charge is -2.35. The Morgan fingerprint density at radius 1 is 1.04 bits per heavy atom. The number of nitrogens with two attached hydrogens (primary N) is 1. The molecular weight excluding hydrogens is 326 g/mol. The third-order valence-corrected chi connectivity index (χ3v) is 4.87. The minimum atomic E-state index is 0.240. The van der Waals surface area contributed by atoms with Gasteiger partial charge in [-0.15, -0.1) is 0 Å². The molecule has 26 heavy (non-hydrogen) atoms. The number of ether oxygens (including phenoxy) is 1. The summed E-state index contributed by atoms with van der Waals surface area (Å²) >= 11 is 0. The molecule has 0 saturated carbocycles. The van der Waals surface area contributed by atoms with E-state index in [1.54, 1.807) is 7.11 Å². The fourth-order valence-electron chi connectivity index (χ4n) is 3.31. The predicted molar refractivity (Wildman–Crippen MR) is 104 cm³/mol. The Balaban J connectivity index is 1.42. The van der Waals surface area contributed by atoms with Gasteiger partial charge in [-0.3, -0.25) is 9.69 Å². The number of amides is 1. The van der Waals surface area contributed by atoms with Gasteiger partial charge in [0.25, 0.3) is 0 Å². The van der Waals surface area contributed by atoms with Gasteiger partial charge >= 0.3 is 0 Å². The number of carbonyl (C=O) groups excluding carboxylic acids is 1. The van der Waals surface area contributed by atoms with Gasteiger partial charge in [0.15, 0.2) is 0 Å². The number of anilines is 1. The zero-order valence-electron chi connectivity index (χ0n) is 15.4. The first-order chi connectivity index (χ1) is 12.6. The van der Waals surface area contributed by atoms with E-state index in [0.29, 0.717) is 6.42 Å². The van der Waals surface area contributed by atoms with Crippen LogP contribution in [0.5, 0.6) is 5.75 Å². The average molecular weight is 353 g/mol. The number of benzene rings is 2. The summed E-state index contributed by atoms with van der Waals surface area (Å²) in [5, 5.41) is 0. The minimum absolute atomic E-state index is 0.240. The Morgan fingerprint density at radius 3 is 2.42 bits per heavy atom. The van der Waals surface area contributed by atoms with E-state index in [2.05, 4.69) is 11.0 Å². The van der Waals surface area contributed by atoms with E-state index in [0.717, 1.165) is 50.6 Å². The van der Waals surface area contributed by atoms with Crippen LogP contribution in [0.2, 0.25) is 0 Å². The van der Waals surface area contributed by atoms with Gasteiger partial charge in [-0.2, -0.15) is 0 Å². The largest absolute Gasteiger partial charge is 0.497 e. The molecule has 0 atom stereocenters. The van der Waals surface area contributed by atoms with Crippen molar-refractivity contribution < 1.29 is 9.53 Å². The van der Waals surface area contributed by atoms with E-state index in [1.165, 1.54) is 11.1 Å². The molecule has 0 aromatic heterocycles. The summed E-state index contributed by atoms with van der Waals surface area (Å²) < 4.78 is 5.16. The molecule has 1 heterocycles. The molecule has 0 aliphatic carbocycles. The normalized spacial score (nSPS) is 15.0. The van der Waals surface area contributed by atoms with Crippen molar-refractivity contribution in [2.75, 3.05) is 39.0 Å². The lowest BCUT2D eigenvalue weighted by molar-refractivity contribution is -0.133. The maximum atomic E-state index is 12.5. The summed E-state index contributed by atoms with van der Waals surface area (Å²) in [6, 6.07) is 15.9. The lowest BCUT2D eigenvalue weighted by atomic mass is 10.1. The highest BCUT2D eigenvalue weighted by molar-refractivity contribution is 5.76. The topological polar surface area (TPSA) is 58.8 Å². The second kappa shape index (κ2) is 8.72. The van der Waals surface area contributed by atoms with Crippen LogP contribution in [0.3, 0.4) is 0 Å². The van der Waals surface area contributed by atoms with Crippen molar-refractivity contribution >= 4 is 11.6 Å². The van der Waals surface area contributed by atoms with E-state index >= 15 is 0 Å². The molecule has 1 saturated heterocycles. The van der Waals surface area contributed by atoms with Gasteiger partial charge in [-0.25, -0.2) is 0 Å². The van der Waals surface area contributed by atoms with E-state index in [9.17, 15) is 4.79 Å². The van der Waals surface area contributed by atoms with Gasteiger partial charge in [0.1, 0.15) is 5.75 Å². The van der Waals surface area contributed by atoms with Crippen molar-refractivity contribution in [3.05, 3.63) is 59.7 Å². The van der Waals surface area contributed by atoms with Crippen molar-refractivity contribution in [2.24, 2.45) is 0 Å². The Labute approximate surface area is 155 Å². The lowest BCUT2D eigenvalue weighted by Crippen LogP contribution is -2.48. The Hall–Kier alpha value is -2.53. The van der Waals surface area contributed by atoms with Crippen LogP contribution in [0.4, 0.5) is 5.69 Å². The second-order valence-corrected chi connectivity index (χ2v) is 6.75. The molecule has 1 aliphatic heterocycles. The van der Waals surface area contributed by atoms with Gasteiger partial charge in [-0.05, 0) is 41.8 Å². The Bertz CT molecular complexity index is 722. The van der Waals surface area contributed by atoms with Crippen molar-refractivity contribution in [3.63, 3.8) is 0 Å². The SMILES string of the molecule is COc1ccc(CCC(=O)N2CCN(Cc3cccc(N)c3)CC2)cc1. The molecule has 3 rings (SSSR count). The number of rotatable bonds is 6. The standard InChI is InChI=1S/C21H27N3O2/c1-26-20-8-5-17(6-9-20)7-10-21(25)24-13-11-23(12-14-24)16-18-3-2-4-19(22)15-18/h2-6,8-9,15H,7,10-14,16,22H2,1H3. The van der Waals surface area contributed by atoms with E-state index in [1.807, 2.05) is 47.4 Å². The highest BCUT2D eigenvalue weighted by atomic mass is 16.5. The number of hydrogen-bond donors (Lipinski definition) is 1. The monoisotopic (exact) mass is 353 g/mol. The van der Waals surface area contributed by atoms with Crippen molar-refractivity contribution in [1.29, 1.82) is 0 Å². The number of hydrogen-bond acceptors (Lipinski definition) is 4. The zero-order chi connectivity index (χ0) is 18.4. The van der Waals surface area contributed by atoms with Crippen LogP contribution in [-0.2, 0) is 17.8 Å². The third kappa shape index (κ3) is 4.99. The van der Waals surface area contributed by atoms with E-state index < -0.39 is 0 Å². The van der Waals surface area contributed by atoms with E-state index in [-0.39, 0.29) is 5.91 Å². The first-order valence-corrected chi connectivity index (χ1v) is 9.11. The molecule has 5 heteroatoms. The molecule has 2 N–H and O–H groups in total. The summed E-state index contributed by atoms with van der Waals surface area (Å²) in [4.78, 5) is 16.8. The molecule has 1 fully saturated rings. The third-order valence-electron chi connectivity index (χ3n) is 4.87. The maximum absolute atomic E-state index is 12.5. The molecule has 1 aliphatic rings. The van der Waals surface area contributed by atoms with Crippen molar-refractivity contribution in [2.45, 2.75) is 19.4 Å². The first-order valence-electron chi connectivity index (χ1n) is 9.11. The number of methoxy groups -OCH3 is 1. The molecule has 0 unspecified atom stereocenters. The van der Waals surface area contributed by atoms with Gasteiger partial charge in [-0.1, -0.05) is 24.3 Å². The van der Waals surface area contributed by atoms with Crippen LogP contribution in [-0.4, -0.2) is 49.0 Å². The zero-order valence-corrected chi connectivity index (χ0v) is 15.4. The molecular formula is C21H27N3O2. The minimum Gasteiger partial charge on any atom is -0.497 e. The number of piperazine rings is 1. The predicted octanol–water partition coefficient (Wildman–Crippen LogP) is 2.55. The molecule has 1 amide bonds. The van der Waals surface area contributed by atoms with Crippen LogP contribution in [0.15, 0.2) is 48.5 Å². The Kier molecular flexibility index (Phi) is 6.12. The fraction of sp³-hybridized carbons (Fsp3) is 0.381. The second-order valence-electron chi connectivity index (χ2n) is 6.75. The number of aryl methyl sites for hydroxylation is 1. The maximum Gasteiger partial charge on any atom is 0.222 e. The average Bonchev–Trinajstić information content (AvgIpc) is 2.67. The number of carbonyl (C=O) groups is 1. The Morgan fingerprint density at radius 2 is 1.77 bits per heavy atom. The molecule has 0 spiro atoms. The van der Waals surface area contributed by atoms with E-state index in [4.69, 9.17) is 10.5 Å². The fourth-order valence-corrected chi connectivity index (χ4v) is 3.31. The summed E-state index contributed by atoms with van der Waals surface area (Å²) in [6.45, 7) is 4.29. The molecule has 5 nitrogen and oxygen atoms in total. The van der Waals surface area contributed by atoms with Crippen LogP contribution >= 0.6 is 0 Å².